The number of nitrogens with zero attached hydrogens (tertiary/aromatic N) is 1. The maximum absolute atomic E-state index is 5.83. The predicted octanol–water partition coefficient (Wildman–Crippen LogP) is 3.28. The highest BCUT2D eigenvalue weighted by Crippen LogP contribution is 2.13. The summed E-state index contributed by atoms with van der Waals surface area (Å²) in [6, 6.07) is 8.05. The highest BCUT2D eigenvalue weighted by molar-refractivity contribution is 5.28. The lowest BCUT2D eigenvalue weighted by Gasteiger charge is -2.25. The molecule has 0 aliphatic rings. The molecule has 20 heavy (non-hydrogen) atoms. The standard InChI is InChI=1S/C17H30N2O/c1-4-15(5-2)14-19(6-3)10-11-20-17-9-7-8-16(12-17)13-18/h7-9,12,15H,4-6,10-11,13-14,18H2,1-3H3. The van der Waals surface area contributed by atoms with Gasteiger partial charge in [0.1, 0.15) is 12.4 Å². The van der Waals surface area contributed by atoms with Crippen LogP contribution in [0, 0.1) is 5.92 Å². The van der Waals surface area contributed by atoms with Crippen LogP contribution in [0.4, 0.5) is 0 Å². The van der Waals surface area contributed by atoms with Gasteiger partial charge < -0.3 is 10.5 Å². The van der Waals surface area contributed by atoms with Crippen LogP contribution in [0.1, 0.15) is 39.2 Å². The summed E-state index contributed by atoms with van der Waals surface area (Å²) < 4.78 is 5.83. The Morgan fingerprint density at radius 1 is 1.20 bits per heavy atom. The van der Waals surface area contributed by atoms with Gasteiger partial charge >= 0.3 is 0 Å². The fraction of sp³-hybridized carbons (Fsp3) is 0.647. The van der Waals surface area contributed by atoms with Gasteiger partial charge in [0.2, 0.25) is 0 Å². The second-order valence-electron chi connectivity index (χ2n) is 5.28. The van der Waals surface area contributed by atoms with Crippen LogP contribution in [0.5, 0.6) is 5.75 Å². The van der Waals surface area contributed by atoms with Gasteiger partial charge in [-0.3, -0.25) is 4.90 Å². The molecule has 0 heterocycles. The Morgan fingerprint density at radius 2 is 1.95 bits per heavy atom. The largest absolute Gasteiger partial charge is 0.492 e. The van der Waals surface area contributed by atoms with Crippen molar-refractivity contribution >= 4 is 0 Å². The maximum Gasteiger partial charge on any atom is 0.119 e. The average Bonchev–Trinajstić information content (AvgIpc) is 2.51. The molecule has 0 unspecified atom stereocenters. The third-order valence-electron chi connectivity index (χ3n) is 3.93. The molecular formula is C17H30N2O. The van der Waals surface area contributed by atoms with E-state index >= 15 is 0 Å². The minimum absolute atomic E-state index is 0.562. The first-order valence-corrected chi connectivity index (χ1v) is 7.87. The molecule has 2 N–H and O–H groups in total. The van der Waals surface area contributed by atoms with Crippen LogP contribution in [-0.2, 0) is 6.54 Å². The zero-order chi connectivity index (χ0) is 14.8. The summed E-state index contributed by atoms with van der Waals surface area (Å²) in [6.07, 6.45) is 2.51. The fourth-order valence-corrected chi connectivity index (χ4v) is 2.35. The molecular weight excluding hydrogens is 248 g/mol. The molecule has 1 aromatic rings. The number of rotatable bonds is 10. The van der Waals surface area contributed by atoms with E-state index < -0.39 is 0 Å². The molecule has 0 saturated heterocycles. The predicted molar refractivity (Wildman–Crippen MR) is 86.0 cm³/mol. The minimum atomic E-state index is 0.562. The Morgan fingerprint density at radius 3 is 2.55 bits per heavy atom. The van der Waals surface area contributed by atoms with E-state index in [-0.39, 0.29) is 0 Å². The summed E-state index contributed by atoms with van der Waals surface area (Å²) in [7, 11) is 0. The number of ether oxygens (including phenoxy) is 1. The van der Waals surface area contributed by atoms with E-state index in [4.69, 9.17) is 10.5 Å². The van der Waals surface area contributed by atoms with E-state index in [0.29, 0.717) is 6.54 Å². The van der Waals surface area contributed by atoms with Crippen LogP contribution in [0.15, 0.2) is 24.3 Å². The monoisotopic (exact) mass is 278 g/mol. The lowest BCUT2D eigenvalue weighted by Crippen LogP contribution is -2.32. The molecule has 0 saturated carbocycles. The van der Waals surface area contributed by atoms with Crippen LogP contribution >= 0.6 is 0 Å². The smallest absolute Gasteiger partial charge is 0.119 e. The zero-order valence-corrected chi connectivity index (χ0v) is 13.3. The molecule has 0 fully saturated rings. The molecule has 0 bridgehead atoms. The molecule has 0 radical (unpaired) electrons. The molecule has 3 nitrogen and oxygen atoms in total. The van der Waals surface area contributed by atoms with Crippen molar-refractivity contribution in [3.63, 3.8) is 0 Å². The van der Waals surface area contributed by atoms with Crippen molar-refractivity contribution in [2.45, 2.75) is 40.2 Å². The quantitative estimate of drug-likeness (QED) is 0.714. The number of likely N-dealkylation sites (N-methyl/N-ethyl adjacent to an activating group) is 1. The van der Waals surface area contributed by atoms with Crippen molar-refractivity contribution < 1.29 is 4.74 Å². The second kappa shape index (κ2) is 9.78. The van der Waals surface area contributed by atoms with Gasteiger partial charge in [-0.25, -0.2) is 0 Å². The van der Waals surface area contributed by atoms with Gasteiger partial charge in [-0.1, -0.05) is 45.7 Å². The van der Waals surface area contributed by atoms with Crippen LogP contribution in [-0.4, -0.2) is 31.1 Å². The molecule has 1 rings (SSSR count). The van der Waals surface area contributed by atoms with Crippen molar-refractivity contribution in [3.8, 4) is 5.75 Å². The summed E-state index contributed by atoms with van der Waals surface area (Å²) in [5.41, 5.74) is 6.76. The Hall–Kier alpha value is -1.06. The van der Waals surface area contributed by atoms with Crippen LogP contribution in [0.3, 0.4) is 0 Å². The molecule has 0 spiro atoms. The average molecular weight is 278 g/mol. The topological polar surface area (TPSA) is 38.5 Å². The molecule has 0 aromatic heterocycles. The normalized spacial score (nSPS) is 11.3. The van der Waals surface area contributed by atoms with Crippen LogP contribution < -0.4 is 10.5 Å². The lowest BCUT2D eigenvalue weighted by molar-refractivity contribution is 0.188. The summed E-state index contributed by atoms with van der Waals surface area (Å²) >= 11 is 0. The first-order valence-electron chi connectivity index (χ1n) is 7.87. The number of hydrogen-bond donors (Lipinski definition) is 1. The van der Waals surface area contributed by atoms with E-state index in [2.05, 4.69) is 25.7 Å². The highest BCUT2D eigenvalue weighted by Gasteiger charge is 2.09. The van der Waals surface area contributed by atoms with Gasteiger partial charge in [-0.05, 0) is 30.2 Å². The first kappa shape index (κ1) is 17.0. The van der Waals surface area contributed by atoms with Crippen LogP contribution in [0.25, 0.3) is 0 Å². The Balaban J connectivity index is 2.36. The molecule has 1 aromatic carbocycles. The molecule has 0 aliphatic carbocycles. The van der Waals surface area contributed by atoms with E-state index in [1.165, 1.54) is 19.4 Å². The summed E-state index contributed by atoms with van der Waals surface area (Å²) in [4.78, 5) is 2.48. The third-order valence-corrected chi connectivity index (χ3v) is 3.93. The summed E-state index contributed by atoms with van der Waals surface area (Å²) in [6.45, 7) is 11.3. The van der Waals surface area contributed by atoms with Crippen molar-refractivity contribution in [1.29, 1.82) is 0 Å². The Bertz CT molecular complexity index is 364. The van der Waals surface area contributed by atoms with E-state index in [0.717, 1.165) is 36.9 Å². The summed E-state index contributed by atoms with van der Waals surface area (Å²) in [5, 5.41) is 0. The van der Waals surface area contributed by atoms with Gasteiger partial charge in [0, 0.05) is 19.6 Å². The van der Waals surface area contributed by atoms with E-state index in [9.17, 15) is 0 Å². The highest BCUT2D eigenvalue weighted by atomic mass is 16.5. The fourth-order valence-electron chi connectivity index (χ4n) is 2.35. The van der Waals surface area contributed by atoms with Gasteiger partial charge in [0.15, 0.2) is 0 Å². The van der Waals surface area contributed by atoms with E-state index in [1.807, 2.05) is 24.3 Å². The second-order valence-corrected chi connectivity index (χ2v) is 5.28. The SMILES string of the molecule is CCC(CC)CN(CC)CCOc1cccc(CN)c1. The van der Waals surface area contributed by atoms with E-state index in [1.54, 1.807) is 0 Å². The van der Waals surface area contributed by atoms with Crippen molar-refractivity contribution in [2.75, 3.05) is 26.2 Å². The number of hydrogen-bond acceptors (Lipinski definition) is 3. The third kappa shape index (κ3) is 5.93. The van der Waals surface area contributed by atoms with Gasteiger partial charge in [-0.15, -0.1) is 0 Å². The van der Waals surface area contributed by atoms with Crippen LogP contribution in [0.2, 0.25) is 0 Å². The Kier molecular flexibility index (Phi) is 8.31. The first-order chi connectivity index (χ1) is 9.73. The molecule has 0 aliphatic heterocycles. The summed E-state index contributed by atoms with van der Waals surface area (Å²) in [5.74, 6) is 1.72. The van der Waals surface area contributed by atoms with Crippen molar-refractivity contribution in [1.82, 2.24) is 4.90 Å². The zero-order valence-electron chi connectivity index (χ0n) is 13.3. The molecule has 0 atom stereocenters. The van der Waals surface area contributed by atoms with Gasteiger partial charge in [0.25, 0.3) is 0 Å². The van der Waals surface area contributed by atoms with Crippen molar-refractivity contribution in [2.24, 2.45) is 11.7 Å². The molecule has 0 amide bonds. The molecule has 114 valence electrons. The minimum Gasteiger partial charge on any atom is -0.492 e. The Labute approximate surface area is 124 Å². The van der Waals surface area contributed by atoms with Gasteiger partial charge in [-0.2, -0.15) is 0 Å². The van der Waals surface area contributed by atoms with Crippen molar-refractivity contribution in [3.05, 3.63) is 29.8 Å². The van der Waals surface area contributed by atoms with Gasteiger partial charge in [0.05, 0.1) is 0 Å². The molecule has 3 heteroatoms. The number of nitrogens with two attached hydrogens (primary N) is 1. The maximum atomic E-state index is 5.83. The number of benzene rings is 1. The lowest BCUT2D eigenvalue weighted by atomic mass is 10.0.